The van der Waals surface area contributed by atoms with E-state index in [0.717, 1.165) is 36.1 Å². The molecule has 8 heteroatoms. The first kappa shape index (κ1) is 22.4. The Morgan fingerprint density at radius 2 is 1.87 bits per heavy atom. The highest BCUT2D eigenvalue weighted by molar-refractivity contribution is 7.89. The minimum Gasteiger partial charge on any atom is -0.376 e. The van der Waals surface area contributed by atoms with E-state index in [1.807, 2.05) is 12.1 Å². The van der Waals surface area contributed by atoms with Crippen molar-refractivity contribution in [2.24, 2.45) is 0 Å². The number of carbonyl (C=O) groups excluding carboxylic acids is 1. The first-order valence-corrected chi connectivity index (χ1v) is 11.4. The van der Waals surface area contributed by atoms with Gasteiger partial charge in [0.2, 0.25) is 10.0 Å². The molecule has 1 amide bonds. The van der Waals surface area contributed by atoms with Crippen molar-refractivity contribution in [1.29, 1.82) is 0 Å². The zero-order valence-corrected chi connectivity index (χ0v) is 18.5. The van der Waals surface area contributed by atoms with Gasteiger partial charge in [-0.2, -0.15) is 0 Å². The van der Waals surface area contributed by atoms with E-state index in [1.54, 1.807) is 0 Å². The molecule has 1 heterocycles. The van der Waals surface area contributed by atoms with Crippen LogP contribution in [0.15, 0.2) is 53.4 Å². The topological polar surface area (TPSA) is 79.0 Å². The van der Waals surface area contributed by atoms with Crippen LogP contribution in [0.3, 0.4) is 0 Å². The van der Waals surface area contributed by atoms with E-state index in [1.165, 1.54) is 43.9 Å². The van der Waals surface area contributed by atoms with Gasteiger partial charge in [0.25, 0.3) is 5.91 Å². The molecule has 0 radical (unpaired) electrons. The van der Waals surface area contributed by atoms with E-state index < -0.39 is 10.0 Å². The number of benzene rings is 2. The summed E-state index contributed by atoms with van der Waals surface area (Å²) in [5.74, 6) is -0.240. The lowest BCUT2D eigenvalue weighted by Gasteiger charge is -2.31. The molecule has 1 saturated heterocycles. The smallest absolute Gasteiger partial charge is 0.251 e. The molecule has 2 aromatic rings. The summed E-state index contributed by atoms with van der Waals surface area (Å²) < 4.78 is 31.0. The SMILES string of the molecule is CC1CN(Cc2cccc(CNC(=O)c3ccc(S(=O)(=O)N(C)C)cc3)c2)CCO1. The lowest BCUT2D eigenvalue weighted by atomic mass is 10.1. The van der Waals surface area contributed by atoms with Crippen molar-refractivity contribution < 1.29 is 17.9 Å². The number of nitrogens with zero attached hydrogens (tertiary/aromatic N) is 2. The lowest BCUT2D eigenvalue weighted by Crippen LogP contribution is -2.40. The standard InChI is InChI=1S/C22H29N3O4S/c1-17-15-25(11-12-29-17)16-19-6-4-5-18(13-19)14-23-22(26)20-7-9-21(10-8-20)30(27,28)24(2)3/h4-10,13,17H,11-12,14-16H2,1-3H3,(H,23,26). The van der Waals surface area contributed by atoms with E-state index >= 15 is 0 Å². The number of rotatable bonds is 7. The first-order chi connectivity index (χ1) is 14.3. The van der Waals surface area contributed by atoms with Gasteiger partial charge in [0, 0.05) is 45.8 Å². The maximum absolute atomic E-state index is 12.5. The Balaban J connectivity index is 1.58. The molecule has 1 aliphatic heterocycles. The Bertz CT molecular complexity index is 974. The molecule has 1 aliphatic rings. The largest absolute Gasteiger partial charge is 0.376 e. The summed E-state index contributed by atoms with van der Waals surface area (Å²) in [6, 6.07) is 14.1. The van der Waals surface area contributed by atoms with Crippen LogP contribution in [0.4, 0.5) is 0 Å². The number of morpholine rings is 1. The molecule has 162 valence electrons. The second-order valence-corrected chi connectivity index (χ2v) is 9.88. The van der Waals surface area contributed by atoms with Gasteiger partial charge in [0.1, 0.15) is 0 Å². The zero-order valence-electron chi connectivity index (χ0n) is 17.7. The molecule has 0 bridgehead atoms. The summed E-state index contributed by atoms with van der Waals surface area (Å²) in [5, 5.41) is 2.90. The van der Waals surface area contributed by atoms with Crippen LogP contribution in [0.5, 0.6) is 0 Å². The van der Waals surface area contributed by atoms with Crippen LogP contribution in [0, 0.1) is 0 Å². The van der Waals surface area contributed by atoms with Crippen molar-refractivity contribution in [3.63, 3.8) is 0 Å². The van der Waals surface area contributed by atoms with Crippen molar-refractivity contribution in [1.82, 2.24) is 14.5 Å². The number of ether oxygens (including phenoxy) is 1. The predicted molar refractivity (Wildman–Crippen MR) is 116 cm³/mol. The third-order valence-corrected chi connectivity index (χ3v) is 6.90. The summed E-state index contributed by atoms with van der Waals surface area (Å²) in [5.41, 5.74) is 2.65. The number of hydrogen-bond acceptors (Lipinski definition) is 5. The van der Waals surface area contributed by atoms with E-state index in [4.69, 9.17) is 4.74 Å². The first-order valence-electron chi connectivity index (χ1n) is 9.98. The van der Waals surface area contributed by atoms with E-state index in [2.05, 4.69) is 29.3 Å². The van der Waals surface area contributed by atoms with Gasteiger partial charge in [-0.05, 0) is 42.3 Å². The molecule has 3 rings (SSSR count). The van der Waals surface area contributed by atoms with Gasteiger partial charge in [-0.25, -0.2) is 12.7 Å². The van der Waals surface area contributed by atoms with E-state index in [0.29, 0.717) is 12.1 Å². The van der Waals surface area contributed by atoms with Gasteiger partial charge < -0.3 is 10.1 Å². The lowest BCUT2D eigenvalue weighted by molar-refractivity contribution is -0.0212. The third-order valence-electron chi connectivity index (χ3n) is 5.07. The molecule has 0 aliphatic carbocycles. The summed E-state index contributed by atoms with van der Waals surface area (Å²) in [4.78, 5) is 15.0. The normalized spacial score (nSPS) is 17.8. The second-order valence-electron chi connectivity index (χ2n) is 7.73. The molecule has 1 N–H and O–H groups in total. The molecule has 0 aromatic heterocycles. The number of sulfonamides is 1. The van der Waals surface area contributed by atoms with Gasteiger partial charge in [-0.3, -0.25) is 9.69 Å². The maximum Gasteiger partial charge on any atom is 0.251 e. The van der Waals surface area contributed by atoms with Crippen molar-refractivity contribution in [2.75, 3.05) is 33.8 Å². The molecule has 0 saturated carbocycles. The molecular weight excluding hydrogens is 402 g/mol. The van der Waals surface area contributed by atoms with Gasteiger partial charge in [-0.1, -0.05) is 24.3 Å². The van der Waals surface area contributed by atoms with Gasteiger partial charge in [-0.15, -0.1) is 0 Å². The number of nitrogens with one attached hydrogen (secondary N) is 1. The summed E-state index contributed by atoms with van der Waals surface area (Å²) in [6.45, 7) is 5.94. The second kappa shape index (κ2) is 9.70. The Morgan fingerprint density at radius 1 is 1.17 bits per heavy atom. The molecular formula is C22H29N3O4S. The van der Waals surface area contributed by atoms with Crippen LogP contribution in [0.1, 0.15) is 28.4 Å². The fraction of sp³-hybridized carbons (Fsp3) is 0.409. The minimum absolute atomic E-state index is 0.161. The Hall–Kier alpha value is -2.26. The number of amides is 1. The molecule has 1 unspecified atom stereocenters. The van der Waals surface area contributed by atoms with Gasteiger partial charge in [0.15, 0.2) is 0 Å². The highest BCUT2D eigenvalue weighted by Crippen LogP contribution is 2.15. The highest BCUT2D eigenvalue weighted by atomic mass is 32.2. The average molecular weight is 432 g/mol. The fourth-order valence-electron chi connectivity index (χ4n) is 3.40. The van der Waals surface area contributed by atoms with Crippen LogP contribution in [0.2, 0.25) is 0 Å². The van der Waals surface area contributed by atoms with Gasteiger partial charge in [0.05, 0.1) is 17.6 Å². The summed E-state index contributed by atoms with van der Waals surface area (Å²) >= 11 is 0. The van der Waals surface area contributed by atoms with Crippen molar-refractivity contribution in [3.05, 3.63) is 65.2 Å². The molecule has 1 fully saturated rings. The van der Waals surface area contributed by atoms with Gasteiger partial charge >= 0.3 is 0 Å². The van der Waals surface area contributed by atoms with Crippen molar-refractivity contribution >= 4 is 15.9 Å². The Labute approximate surface area is 178 Å². The third kappa shape index (κ3) is 5.66. The van der Waals surface area contributed by atoms with Crippen molar-refractivity contribution in [2.45, 2.75) is 31.0 Å². The van der Waals surface area contributed by atoms with E-state index in [-0.39, 0.29) is 16.9 Å². The summed E-state index contributed by atoms with van der Waals surface area (Å²) in [6.07, 6.45) is 0.250. The minimum atomic E-state index is -3.51. The van der Waals surface area contributed by atoms with Crippen LogP contribution < -0.4 is 5.32 Å². The van der Waals surface area contributed by atoms with Crippen LogP contribution >= 0.6 is 0 Å². The quantitative estimate of drug-likeness (QED) is 0.726. The molecule has 0 spiro atoms. The van der Waals surface area contributed by atoms with Crippen LogP contribution in [-0.4, -0.2) is 63.4 Å². The molecule has 2 aromatic carbocycles. The predicted octanol–water partition coefficient (Wildman–Crippen LogP) is 2.09. The number of carbonyl (C=O) groups is 1. The molecule has 30 heavy (non-hydrogen) atoms. The highest BCUT2D eigenvalue weighted by Gasteiger charge is 2.18. The maximum atomic E-state index is 12.5. The van der Waals surface area contributed by atoms with Crippen LogP contribution in [-0.2, 0) is 27.8 Å². The zero-order chi connectivity index (χ0) is 21.7. The molecule has 7 nitrogen and oxygen atoms in total. The van der Waals surface area contributed by atoms with E-state index in [9.17, 15) is 13.2 Å². The fourth-order valence-corrected chi connectivity index (χ4v) is 4.31. The van der Waals surface area contributed by atoms with Crippen LogP contribution in [0.25, 0.3) is 0 Å². The Kier molecular flexibility index (Phi) is 7.25. The summed E-state index contributed by atoms with van der Waals surface area (Å²) in [7, 11) is -0.554. The van der Waals surface area contributed by atoms with Crippen molar-refractivity contribution in [3.8, 4) is 0 Å². The number of hydrogen-bond donors (Lipinski definition) is 1. The Morgan fingerprint density at radius 3 is 2.53 bits per heavy atom. The average Bonchev–Trinajstić information content (AvgIpc) is 2.72. The molecule has 1 atom stereocenters. The monoisotopic (exact) mass is 431 g/mol.